The molecule has 0 saturated carbocycles. The molecule has 0 bridgehead atoms. The number of quaternary nitrogens is 1. The number of carboxylic acid groups (broad SMARTS) is 1. The summed E-state index contributed by atoms with van der Waals surface area (Å²) in [6, 6.07) is -0.732. The van der Waals surface area contributed by atoms with Gasteiger partial charge in [-0.05, 0) is 64.2 Å². The van der Waals surface area contributed by atoms with E-state index in [1.165, 1.54) is 57.8 Å². The molecule has 2 unspecified atom stereocenters. The Bertz CT molecular complexity index is 1180. The molecule has 8 heteroatoms. The maximum Gasteiger partial charge on any atom is 0.306 e. The number of nitrogens with zero attached hydrogens (tertiary/aromatic N) is 1. The lowest BCUT2D eigenvalue weighted by Gasteiger charge is -2.34. The summed E-state index contributed by atoms with van der Waals surface area (Å²) in [4.78, 5) is 36.9. The summed E-state index contributed by atoms with van der Waals surface area (Å²) >= 11 is 0. The molecule has 0 rings (SSSR count). The summed E-state index contributed by atoms with van der Waals surface area (Å²) in [5, 5.41) is 11.6. The number of carbonyl (C=O) groups excluding carboxylic acids is 3. The highest BCUT2D eigenvalue weighted by Gasteiger charge is 2.25. The van der Waals surface area contributed by atoms with Crippen LogP contribution in [0.5, 0.6) is 0 Å². The number of carbonyl (C=O) groups is 3. The summed E-state index contributed by atoms with van der Waals surface area (Å²) in [6.45, 7) is 4.39. The first-order chi connectivity index (χ1) is 28.1. The van der Waals surface area contributed by atoms with Gasteiger partial charge in [-0.1, -0.05) is 164 Å². The Morgan fingerprint density at radius 2 is 1.00 bits per heavy atom. The van der Waals surface area contributed by atoms with Crippen molar-refractivity contribution >= 4 is 17.9 Å². The number of allylic oxidation sites excluding steroid dienone is 12. The van der Waals surface area contributed by atoms with Gasteiger partial charge in [0.1, 0.15) is 12.6 Å². The largest absolute Gasteiger partial charge is 0.544 e. The number of esters is 2. The van der Waals surface area contributed by atoms with Gasteiger partial charge in [0.05, 0.1) is 40.3 Å². The van der Waals surface area contributed by atoms with Crippen molar-refractivity contribution in [1.29, 1.82) is 0 Å². The summed E-state index contributed by atoms with van der Waals surface area (Å²) in [5.74, 6) is -1.77. The minimum atomic E-state index is -1.13. The molecule has 58 heavy (non-hydrogen) atoms. The van der Waals surface area contributed by atoms with Gasteiger partial charge in [-0.15, -0.1) is 0 Å². The van der Waals surface area contributed by atoms with Gasteiger partial charge in [-0.3, -0.25) is 9.59 Å². The highest BCUT2D eigenvalue weighted by molar-refractivity contribution is 5.70. The van der Waals surface area contributed by atoms with E-state index in [2.05, 4.69) is 80.7 Å². The molecule has 8 nitrogen and oxygen atoms in total. The minimum absolute atomic E-state index is 0.0299. The first kappa shape index (κ1) is 54.8. The van der Waals surface area contributed by atoms with Gasteiger partial charge in [0.15, 0.2) is 6.10 Å². The number of hydrogen-bond donors (Lipinski definition) is 0. The van der Waals surface area contributed by atoms with Crippen molar-refractivity contribution in [2.45, 2.75) is 187 Å². The summed E-state index contributed by atoms with van der Waals surface area (Å²) in [6.07, 6.45) is 50.7. The predicted octanol–water partition coefficient (Wildman–Crippen LogP) is 11.4. The van der Waals surface area contributed by atoms with Crippen molar-refractivity contribution in [1.82, 2.24) is 0 Å². The molecular weight excluding hydrogens is 727 g/mol. The normalized spacial score (nSPS) is 13.6. The number of ether oxygens (including phenoxy) is 3. The van der Waals surface area contributed by atoms with Crippen LogP contribution in [-0.2, 0) is 28.6 Å². The molecule has 0 spiro atoms. The van der Waals surface area contributed by atoms with Gasteiger partial charge in [-0.2, -0.15) is 0 Å². The Kier molecular flexibility index (Phi) is 38.3. The third-order valence-corrected chi connectivity index (χ3v) is 9.90. The second-order valence-corrected chi connectivity index (χ2v) is 16.3. The van der Waals surface area contributed by atoms with E-state index in [-0.39, 0.29) is 42.7 Å². The van der Waals surface area contributed by atoms with E-state index in [1.54, 1.807) is 21.1 Å². The van der Waals surface area contributed by atoms with Crippen LogP contribution in [-0.4, -0.2) is 75.5 Å². The van der Waals surface area contributed by atoms with Crippen LogP contribution in [0.2, 0.25) is 0 Å². The SMILES string of the molecule is CC/C=C/C=C/C=C/CCCCCCCC(=O)OCC(COCCC(C(=O)[O-])[N+](C)(C)C)OC(=O)CCCCCCCCCCCCC/C=C/C/C=C/C/C=C/CC. The second-order valence-electron chi connectivity index (χ2n) is 16.3. The van der Waals surface area contributed by atoms with Crippen LogP contribution in [0.3, 0.4) is 0 Å². The number of carboxylic acids is 1. The van der Waals surface area contributed by atoms with E-state index < -0.39 is 18.1 Å². The van der Waals surface area contributed by atoms with Gasteiger partial charge in [0, 0.05) is 19.3 Å². The Balaban J connectivity index is 4.30. The highest BCUT2D eigenvalue weighted by Crippen LogP contribution is 2.14. The van der Waals surface area contributed by atoms with Gasteiger partial charge < -0.3 is 28.6 Å². The maximum absolute atomic E-state index is 12.7. The van der Waals surface area contributed by atoms with Gasteiger partial charge in [0.2, 0.25) is 0 Å². The number of likely N-dealkylation sites (N-methyl/N-ethyl adjacent to an activating group) is 1. The monoisotopic (exact) mass is 812 g/mol. The lowest BCUT2D eigenvalue weighted by molar-refractivity contribution is -0.889. The van der Waals surface area contributed by atoms with E-state index in [4.69, 9.17) is 14.2 Å². The van der Waals surface area contributed by atoms with E-state index in [0.717, 1.165) is 83.5 Å². The zero-order valence-electron chi connectivity index (χ0n) is 37.7. The van der Waals surface area contributed by atoms with Crippen molar-refractivity contribution in [2.24, 2.45) is 0 Å². The average Bonchev–Trinajstić information content (AvgIpc) is 3.18. The van der Waals surface area contributed by atoms with Crippen LogP contribution in [0.15, 0.2) is 72.9 Å². The Hall–Kier alpha value is -3.23. The highest BCUT2D eigenvalue weighted by atomic mass is 16.6. The molecule has 2 atom stereocenters. The molecule has 0 heterocycles. The molecule has 0 amide bonds. The van der Waals surface area contributed by atoms with E-state index >= 15 is 0 Å². The summed E-state index contributed by atoms with van der Waals surface area (Å²) in [5.41, 5.74) is 0. The maximum atomic E-state index is 12.7. The number of hydrogen-bond acceptors (Lipinski definition) is 7. The lowest BCUT2D eigenvalue weighted by atomic mass is 10.0. The molecule has 0 aliphatic carbocycles. The minimum Gasteiger partial charge on any atom is -0.544 e. The first-order valence-corrected chi connectivity index (χ1v) is 23.0. The first-order valence-electron chi connectivity index (χ1n) is 23.0. The molecule has 0 radical (unpaired) electrons. The number of rotatable bonds is 40. The van der Waals surface area contributed by atoms with Crippen molar-refractivity contribution in [3.05, 3.63) is 72.9 Å². The lowest BCUT2D eigenvalue weighted by Crippen LogP contribution is -2.55. The van der Waals surface area contributed by atoms with Crippen LogP contribution in [0.4, 0.5) is 0 Å². The molecule has 0 aromatic rings. The molecular formula is C50H85NO7. The predicted molar refractivity (Wildman–Crippen MR) is 240 cm³/mol. The van der Waals surface area contributed by atoms with Gasteiger partial charge in [0.25, 0.3) is 0 Å². The molecule has 0 saturated heterocycles. The summed E-state index contributed by atoms with van der Waals surface area (Å²) in [7, 11) is 5.39. The van der Waals surface area contributed by atoms with Crippen molar-refractivity contribution in [2.75, 3.05) is 41.0 Å². The Morgan fingerprint density at radius 1 is 0.534 bits per heavy atom. The van der Waals surface area contributed by atoms with E-state index in [9.17, 15) is 19.5 Å². The molecule has 0 aliphatic heterocycles. The third kappa shape index (κ3) is 38.3. The topological polar surface area (TPSA) is 102 Å². The number of unbranched alkanes of at least 4 members (excludes halogenated alkanes) is 16. The fraction of sp³-hybridized carbons (Fsp3) is 0.700. The molecule has 0 aromatic heterocycles. The van der Waals surface area contributed by atoms with Crippen LogP contribution in [0.25, 0.3) is 0 Å². The van der Waals surface area contributed by atoms with Crippen LogP contribution in [0.1, 0.15) is 174 Å². The molecule has 0 fully saturated rings. The zero-order valence-corrected chi connectivity index (χ0v) is 37.7. The smallest absolute Gasteiger partial charge is 0.306 e. The van der Waals surface area contributed by atoms with E-state index in [0.29, 0.717) is 12.8 Å². The summed E-state index contributed by atoms with van der Waals surface area (Å²) < 4.78 is 17.2. The van der Waals surface area contributed by atoms with Crippen molar-refractivity contribution in [3.63, 3.8) is 0 Å². The quantitative estimate of drug-likeness (QED) is 0.0200. The Labute approximate surface area is 355 Å². The Morgan fingerprint density at radius 3 is 1.53 bits per heavy atom. The van der Waals surface area contributed by atoms with Crippen molar-refractivity contribution < 1.29 is 38.2 Å². The third-order valence-electron chi connectivity index (χ3n) is 9.90. The van der Waals surface area contributed by atoms with E-state index in [1.807, 2.05) is 6.08 Å². The van der Waals surface area contributed by atoms with Crippen molar-refractivity contribution in [3.8, 4) is 0 Å². The van der Waals surface area contributed by atoms with Gasteiger partial charge >= 0.3 is 11.9 Å². The van der Waals surface area contributed by atoms with Crippen LogP contribution < -0.4 is 5.11 Å². The molecule has 0 aromatic carbocycles. The molecule has 0 aliphatic rings. The van der Waals surface area contributed by atoms with Gasteiger partial charge in [-0.25, -0.2) is 0 Å². The second kappa shape index (κ2) is 40.5. The number of aliphatic carboxylic acids is 1. The zero-order chi connectivity index (χ0) is 42.8. The average molecular weight is 812 g/mol. The van der Waals surface area contributed by atoms with Crippen LogP contribution >= 0.6 is 0 Å². The molecule has 332 valence electrons. The fourth-order valence-electron chi connectivity index (χ4n) is 6.38. The fourth-order valence-corrected chi connectivity index (χ4v) is 6.38. The standard InChI is InChI=1S/C50H85NO7/c1-6-8-10-12-14-16-18-20-21-22-23-24-25-26-27-29-31-33-35-37-39-41-49(53)58-46(44-56-43-42-47(50(54)55)51(3,4)5)45-57-48(52)40-38-36-34-32-30-28-19-17-15-13-11-9-7-2/h8-11,13-17,19-21,46-47H,6-7,12,18,22-45H2,1-5H3/b10-8+,11-9+,15-13+,16-14+,19-17+,21-20+. The van der Waals surface area contributed by atoms with Crippen LogP contribution in [0, 0.1) is 0 Å². The molecule has 0 N–H and O–H groups in total.